The molecule has 0 unspecified atom stereocenters. The highest BCUT2D eigenvalue weighted by Gasteiger charge is 2.31. The average Bonchev–Trinajstić information content (AvgIpc) is 2.29. The highest BCUT2D eigenvalue weighted by Crippen LogP contribution is 2.34. The largest absolute Gasteiger partial charge is 0.476 e. The molecule has 0 spiro atoms. The van der Waals surface area contributed by atoms with Crippen LogP contribution in [0.5, 0.6) is 5.75 Å². The van der Waals surface area contributed by atoms with Crippen molar-refractivity contribution in [3.63, 3.8) is 0 Å². The fourth-order valence-corrected chi connectivity index (χ4v) is 1.57. The monoisotopic (exact) mass is 292 g/mol. The second kappa shape index (κ2) is 5.30. The number of hydrogen-bond donors (Lipinski definition) is 2. The average molecular weight is 293 g/mol. The van der Waals surface area contributed by atoms with Crippen LogP contribution in [0.2, 0.25) is 5.02 Å². The summed E-state index contributed by atoms with van der Waals surface area (Å²) in [7, 11) is 0. The van der Waals surface area contributed by atoms with Crippen LogP contribution in [0.3, 0.4) is 0 Å². The Labute approximate surface area is 114 Å². The molecule has 1 aromatic carbocycles. The summed E-state index contributed by atoms with van der Waals surface area (Å²) in [5.41, 5.74) is 0.454. The summed E-state index contributed by atoms with van der Waals surface area (Å²) in [6, 6.07) is 3.59. The molecule has 1 amide bonds. The maximum atomic E-state index is 13.1. The Balaban J connectivity index is 3.02. The molecule has 0 aromatic heterocycles. The van der Waals surface area contributed by atoms with E-state index in [1.165, 1.54) is 26.0 Å². The molecule has 4 nitrogen and oxygen atoms in total. The first-order valence-corrected chi connectivity index (χ1v) is 5.83. The molecule has 19 heavy (non-hydrogen) atoms. The SMILES string of the molecule is CC(C)(Oc1ccc(C(C)(F)F)cc1Cl)C(=O)NN. The zero-order chi connectivity index (χ0) is 14.8. The summed E-state index contributed by atoms with van der Waals surface area (Å²) in [5.74, 6) is 1.59. The summed E-state index contributed by atoms with van der Waals surface area (Å²) in [6.45, 7) is 3.73. The minimum absolute atomic E-state index is 0.00285. The highest BCUT2D eigenvalue weighted by molar-refractivity contribution is 6.32. The molecule has 1 aromatic rings. The molecule has 1 rings (SSSR count). The van der Waals surface area contributed by atoms with Gasteiger partial charge in [0.15, 0.2) is 5.60 Å². The van der Waals surface area contributed by atoms with E-state index in [1.54, 1.807) is 0 Å². The van der Waals surface area contributed by atoms with E-state index in [-0.39, 0.29) is 16.3 Å². The summed E-state index contributed by atoms with van der Waals surface area (Å²) >= 11 is 5.87. The van der Waals surface area contributed by atoms with Crippen LogP contribution < -0.4 is 16.0 Å². The predicted molar refractivity (Wildman–Crippen MR) is 68.1 cm³/mol. The summed E-state index contributed by atoms with van der Waals surface area (Å²) in [4.78, 5) is 11.5. The van der Waals surface area contributed by atoms with Crippen molar-refractivity contribution in [3.05, 3.63) is 28.8 Å². The van der Waals surface area contributed by atoms with Gasteiger partial charge in [-0.1, -0.05) is 11.6 Å². The van der Waals surface area contributed by atoms with E-state index in [0.717, 1.165) is 13.0 Å². The van der Waals surface area contributed by atoms with Gasteiger partial charge in [0, 0.05) is 12.5 Å². The van der Waals surface area contributed by atoms with Crippen molar-refractivity contribution in [2.45, 2.75) is 32.3 Å². The first kappa shape index (κ1) is 15.7. The molecule has 0 aliphatic carbocycles. The van der Waals surface area contributed by atoms with E-state index in [2.05, 4.69) is 0 Å². The van der Waals surface area contributed by atoms with Gasteiger partial charge in [0.25, 0.3) is 11.8 Å². The van der Waals surface area contributed by atoms with E-state index in [0.29, 0.717) is 0 Å². The molecule has 0 bridgehead atoms. The zero-order valence-electron chi connectivity index (χ0n) is 10.8. The van der Waals surface area contributed by atoms with E-state index >= 15 is 0 Å². The second-order valence-electron chi connectivity index (χ2n) is 4.62. The van der Waals surface area contributed by atoms with E-state index < -0.39 is 17.4 Å². The van der Waals surface area contributed by atoms with Gasteiger partial charge in [0.2, 0.25) is 0 Å². The van der Waals surface area contributed by atoms with Crippen LogP contribution in [0.4, 0.5) is 8.78 Å². The lowest BCUT2D eigenvalue weighted by molar-refractivity contribution is -0.134. The van der Waals surface area contributed by atoms with Crippen LogP contribution in [0.1, 0.15) is 26.3 Å². The number of hydrazine groups is 1. The number of amides is 1. The number of benzene rings is 1. The Morgan fingerprint density at radius 3 is 2.37 bits per heavy atom. The van der Waals surface area contributed by atoms with E-state index in [1.807, 2.05) is 5.43 Å². The van der Waals surface area contributed by atoms with Crippen LogP contribution in [0.25, 0.3) is 0 Å². The minimum Gasteiger partial charge on any atom is -0.476 e. The number of carbonyl (C=O) groups excluding carboxylic acids is 1. The molecular formula is C12H15ClF2N2O2. The molecule has 0 radical (unpaired) electrons. The van der Waals surface area contributed by atoms with Crippen molar-refractivity contribution in [2.75, 3.05) is 0 Å². The quantitative estimate of drug-likeness (QED) is 0.509. The Morgan fingerprint density at radius 1 is 1.37 bits per heavy atom. The number of alkyl halides is 2. The Kier molecular flexibility index (Phi) is 4.37. The van der Waals surface area contributed by atoms with Gasteiger partial charge in [-0.05, 0) is 32.0 Å². The summed E-state index contributed by atoms with van der Waals surface area (Å²) in [6.07, 6.45) is 0. The maximum absolute atomic E-state index is 13.1. The van der Waals surface area contributed by atoms with Gasteiger partial charge >= 0.3 is 0 Å². The molecule has 106 valence electrons. The van der Waals surface area contributed by atoms with Crippen molar-refractivity contribution < 1.29 is 18.3 Å². The number of nitrogens with one attached hydrogen (secondary N) is 1. The molecule has 0 fully saturated rings. The van der Waals surface area contributed by atoms with Crippen molar-refractivity contribution in [1.29, 1.82) is 0 Å². The number of rotatable bonds is 4. The standard InChI is InChI=1S/C12H15ClF2N2O2/c1-11(2,10(18)17-16)19-9-5-4-7(6-8(9)13)12(3,14)15/h4-6H,16H2,1-3H3,(H,17,18). The van der Waals surface area contributed by atoms with Gasteiger partial charge in [-0.3, -0.25) is 10.2 Å². The van der Waals surface area contributed by atoms with Crippen molar-refractivity contribution in [2.24, 2.45) is 5.84 Å². The normalized spacial score (nSPS) is 12.2. The summed E-state index contributed by atoms with van der Waals surface area (Å²) in [5, 5.41) is -0.00285. The lowest BCUT2D eigenvalue weighted by atomic mass is 10.1. The summed E-state index contributed by atoms with van der Waals surface area (Å²) < 4.78 is 31.6. The Morgan fingerprint density at radius 2 is 1.95 bits per heavy atom. The van der Waals surface area contributed by atoms with Gasteiger partial charge < -0.3 is 4.74 Å². The maximum Gasteiger partial charge on any atom is 0.277 e. The van der Waals surface area contributed by atoms with E-state index in [4.69, 9.17) is 22.2 Å². The molecular weight excluding hydrogens is 278 g/mol. The number of ether oxygens (including phenoxy) is 1. The molecule has 0 aliphatic heterocycles. The first-order chi connectivity index (χ1) is 8.58. The number of hydrogen-bond acceptors (Lipinski definition) is 3. The smallest absolute Gasteiger partial charge is 0.277 e. The zero-order valence-corrected chi connectivity index (χ0v) is 11.5. The lowest BCUT2D eigenvalue weighted by Crippen LogP contribution is -2.49. The molecule has 7 heteroatoms. The Hall–Kier alpha value is -1.40. The lowest BCUT2D eigenvalue weighted by Gasteiger charge is -2.25. The number of halogens is 3. The second-order valence-corrected chi connectivity index (χ2v) is 5.03. The fraction of sp³-hybridized carbons (Fsp3) is 0.417. The number of carbonyl (C=O) groups is 1. The number of nitrogens with two attached hydrogens (primary N) is 1. The van der Waals surface area contributed by atoms with Crippen LogP contribution >= 0.6 is 11.6 Å². The first-order valence-electron chi connectivity index (χ1n) is 5.46. The minimum atomic E-state index is -2.99. The third-order valence-electron chi connectivity index (χ3n) is 2.48. The fourth-order valence-electron chi connectivity index (χ4n) is 1.35. The third-order valence-corrected chi connectivity index (χ3v) is 2.78. The van der Waals surface area contributed by atoms with Crippen LogP contribution in [0, 0.1) is 0 Å². The van der Waals surface area contributed by atoms with Gasteiger partial charge in [-0.2, -0.15) is 0 Å². The van der Waals surface area contributed by atoms with Crippen LogP contribution in [-0.2, 0) is 10.7 Å². The van der Waals surface area contributed by atoms with Crippen LogP contribution in [-0.4, -0.2) is 11.5 Å². The molecule has 0 atom stereocenters. The highest BCUT2D eigenvalue weighted by atomic mass is 35.5. The van der Waals surface area contributed by atoms with Gasteiger partial charge in [0.1, 0.15) is 5.75 Å². The molecule has 3 N–H and O–H groups in total. The Bertz CT molecular complexity index is 487. The molecule has 0 saturated heterocycles. The molecule has 0 saturated carbocycles. The van der Waals surface area contributed by atoms with Crippen LogP contribution in [0.15, 0.2) is 18.2 Å². The third kappa shape index (κ3) is 3.78. The topological polar surface area (TPSA) is 64.3 Å². The van der Waals surface area contributed by atoms with E-state index in [9.17, 15) is 13.6 Å². The molecule has 0 heterocycles. The van der Waals surface area contributed by atoms with Gasteiger partial charge in [-0.15, -0.1) is 0 Å². The van der Waals surface area contributed by atoms with Crippen molar-refractivity contribution in [3.8, 4) is 5.75 Å². The van der Waals surface area contributed by atoms with Crippen molar-refractivity contribution >= 4 is 17.5 Å². The van der Waals surface area contributed by atoms with Gasteiger partial charge in [-0.25, -0.2) is 14.6 Å². The molecule has 0 aliphatic rings. The predicted octanol–water partition coefficient (Wildman–Crippen LogP) is 2.60. The van der Waals surface area contributed by atoms with Crippen molar-refractivity contribution in [1.82, 2.24) is 5.43 Å². The van der Waals surface area contributed by atoms with Gasteiger partial charge in [0.05, 0.1) is 5.02 Å².